The van der Waals surface area contributed by atoms with Gasteiger partial charge in [0.25, 0.3) is 0 Å². The molecule has 1 aromatic rings. The second-order valence-corrected chi connectivity index (χ2v) is 4.52. The summed E-state index contributed by atoms with van der Waals surface area (Å²) >= 11 is 1.69. The number of aromatic nitrogens is 1. The van der Waals surface area contributed by atoms with Crippen LogP contribution >= 0.6 is 11.3 Å². The van der Waals surface area contributed by atoms with Gasteiger partial charge < -0.3 is 10.4 Å². The molecule has 0 fully saturated rings. The SMILES string of the molecule is Cc1ncc(C(C)N[C@@H](C)CO)s1. The molecule has 0 aliphatic carbocycles. The third-order valence-corrected chi connectivity index (χ3v) is 2.97. The van der Waals surface area contributed by atoms with E-state index in [9.17, 15) is 0 Å². The number of hydrogen-bond acceptors (Lipinski definition) is 4. The smallest absolute Gasteiger partial charge is 0.0897 e. The van der Waals surface area contributed by atoms with Crippen molar-refractivity contribution < 1.29 is 5.11 Å². The number of hydrogen-bond donors (Lipinski definition) is 2. The van der Waals surface area contributed by atoms with E-state index in [0.717, 1.165) is 5.01 Å². The van der Waals surface area contributed by atoms with Crippen molar-refractivity contribution in [2.24, 2.45) is 0 Å². The molecule has 0 saturated carbocycles. The van der Waals surface area contributed by atoms with Crippen LogP contribution in [0.3, 0.4) is 0 Å². The number of aliphatic hydroxyl groups excluding tert-OH is 1. The Kier molecular flexibility index (Phi) is 3.84. The number of thiazole rings is 1. The van der Waals surface area contributed by atoms with Gasteiger partial charge in [0.15, 0.2) is 0 Å². The van der Waals surface area contributed by atoms with Crippen molar-refractivity contribution in [1.29, 1.82) is 0 Å². The monoisotopic (exact) mass is 200 g/mol. The van der Waals surface area contributed by atoms with Crippen LogP contribution in [0.15, 0.2) is 6.20 Å². The Balaban J connectivity index is 2.53. The molecule has 4 heteroatoms. The first-order chi connectivity index (χ1) is 6.13. The van der Waals surface area contributed by atoms with Gasteiger partial charge in [-0.3, -0.25) is 0 Å². The zero-order chi connectivity index (χ0) is 9.84. The first kappa shape index (κ1) is 10.6. The summed E-state index contributed by atoms with van der Waals surface area (Å²) in [5.74, 6) is 0. The van der Waals surface area contributed by atoms with Gasteiger partial charge in [-0.05, 0) is 20.8 Å². The summed E-state index contributed by atoms with van der Waals surface area (Å²) in [7, 11) is 0. The summed E-state index contributed by atoms with van der Waals surface area (Å²) in [4.78, 5) is 5.41. The topological polar surface area (TPSA) is 45.2 Å². The first-order valence-corrected chi connectivity index (χ1v) is 5.24. The minimum absolute atomic E-state index is 0.136. The van der Waals surface area contributed by atoms with Crippen LogP contribution in [0.2, 0.25) is 0 Å². The molecule has 2 N–H and O–H groups in total. The van der Waals surface area contributed by atoms with Gasteiger partial charge in [-0.15, -0.1) is 11.3 Å². The summed E-state index contributed by atoms with van der Waals surface area (Å²) < 4.78 is 0. The lowest BCUT2D eigenvalue weighted by Gasteiger charge is -2.16. The van der Waals surface area contributed by atoms with Crippen LogP contribution < -0.4 is 5.32 Å². The average Bonchev–Trinajstić information content (AvgIpc) is 2.51. The van der Waals surface area contributed by atoms with Crippen molar-refractivity contribution in [3.8, 4) is 0 Å². The van der Waals surface area contributed by atoms with Crippen molar-refractivity contribution >= 4 is 11.3 Å². The molecule has 1 rings (SSSR count). The van der Waals surface area contributed by atoms with E-state index in [1.54, 1.807) is 11.3 Å². The lowest BCUT2D eigenvalue weighted by atomic mass is 10.2. The van der Waals surface area contributed by atoms with Crippen LogP contribution in [0.1, 0.15) is 29.8 Å². The number of nitrogens with one attached hydrogen (secondary N) is 1. The molecule has 0 bridgehead atoms. The van der Waals surface area contributed by atoms with Crippen LogP contribution in [0.25, 0.3) is 0 Å². The largest absolute Gasteiger partial charge is 0.395 e. The Bertz CT molecular complexity index is 262. The molecule has 3 nitrogen and oxygen atoms in total. The quantitative estimate of drug-likeness (QED) is 0.774. The van der Waals surface area contributed by atoms with Crippen LogP contribution in [-0.4, -0.2) is 22.7 Å². The van der Waals surface area contributed by atoms with E-state index >= 15 is 0 Å². The summed E-state index contributed by atoms with van der Waals surface area (Å²) in [6.45, 7) is 6.21. The number of rotatable bonds is 4. The molecule has 0 aliphatic rings. The fraction of sp³-hybridized carbons (Fsp3) is 0.667. The van der Waals surface area contributed by atoms with E-state index in [-0.39, 0.29) is 18.7 Å². The van der Waals surface area contributed by atoms with Crippen LogP contribution in [0, 0.1) is 6.92 Å². The Hall–Kier alpha value is -0.450. The second-order valence-electron chi connectivity index (χ2n) is 3.25. The van der Waals surface area contributed by atoms with Crippen molar-refractivity contribution in [3.63, 3.8) is 0 Å². The lowest BCUT2D eigenvalue weighted by molar-refractivity contribution is 0.243. The number of nitrogens with zero attached hydrogens (tertiary/aromatic N) is 1. The highest BCUT2D eigenvalue weighted by Crippen LogP contribution is 2.19. The van der Waals surface area contributed by atoms with Gasteiger partial charge in [0.05, 0.1) is 11.6 Å². The van der Waals surface area contributed by atoms with E-state index in [1.807, 2.05) is 20.0 Å². The maximum Gasteiger partial charge on any atom is 0.0897 e. The van der Waals surface area contributed by atoms with Gasteiger partial charge in [-0.25, -0.2) is 4.98 Å². The molecule has 74 valence electrons. The van der Waals surface area contributed by atoms with Crippen LogP contribution in [0.5, 0.6) is 0 Å². The predicted molar refractivity (Wildman–Crippen MR) is 54.9 cm³/mol. The number of aryl methyl sites for hydroxylation is 1. The highest BCUT2D eigenvalue weighted by molar-refractivity contribution is 7.11. The lowest BCUT2D eigenvalue weighted by Crippen LogP contribution is -2.31. The molecule has 0 spiro atoms. The van der Waals surface area contributed by atoms with Gasteiger partial charge in [-0.1, -0.05) is 0 Å². The second kappa shape index (κ2) is 4.69. The minimum Gasteiger partial charge on any atom is -0.395 e. The molecule has 1 heterocycles. The molecular formula is C9H16N2OS. The predicted octanol–water partition coefficient (Wildman–Crippen LogP) is 1.48. The normalized spacial score (nSPS) is 15.7. The third-order valence-electron chi connectivity index (χ3n) is 1.87. The fourth-order valence-electron chi connectivity index (χ4n) is 1.14. The average molecular weight is 200 g/mol. The Labute approximate surface area is 82.8 Å². The molecule has 0 aromatic carbocycles. The standard InChI is InChI=1S/C9H16N2OS/c1-6(5-12)11-7(2)9-4-10-8(3)13-9/h4,6-7,11-12H,5H2,1-3H3/t6-,7?/m0/s1. The Morgan fingerprint density at radius 1 is 1.62 bits per heavy atom. The van der Waals surface area contributed by atoms with Crippen LogP contribution in [-0.2, 0) is 0 Å². The summed E-state index contributed by atoms with van der Waals surface area (Å²) in [5.41, 5.74) is 0. The van der Waals surface area contributed by atoms with E-state index < -0.39 is 0 Å². The molecule has 2 atom stereocenters. The van der Waals surface area contributed by atoms with E-state index in [2.05, 4.69) is 17.2 Å². The van der Waals surface area contributed by atoms with Crippen molar-refractivity contribution in [3.05, 3.63) is 16.1 Å². The van der Waals surface area contributed by atoms with E-state index in [0.29, 0.717) is 0 Å². The zero-order valence-electron chi connectivity index (χ0n) is 8.24. The fourth-order valence-corrected chi connectivity index (χ4v) is 1.94. The van der Waals surface area contributed by atoms with Gasteiger partial charge >= 0.3 is 0 Å². The minimum atomic E-state index is 0.136. The van der Waals surface area contributed by atoms with Gasteiger partial charge in [-0.2, -0.15) is 0 Å². The molecule has 1 unspecified atom stereocenters. The van der Waals surface area contributed by atoms with Gasteiger partial charge in [0.2, 0.25) is 0 Å². The number of aliphatic hydroxyl groups is 1. The van der Waals surface area contributed by atoms with Crippen molar-refractivity contribution in [2.75, 3.05) is 6.61 Å². The first-order valence-electron chi connectivity index (χ1n) is 4.42. The molecule has 0 radical (unpaired) electrons. The molecule has 1 aromatic heterocycles. The molecular weight excluding hydrogens is 184 g/mol. The summed E-state index contributed by atoms with van der Waals surface area (Å²) in [6, 6.07) is 0.408. The maximum atomic E-state index is 8.86. The van der Waals surface area contributed by atoms with Crippen molar-refractivity contribution in [2.45, 2.75) is 32.9 Å². The van der Waals surface area contributed by atoms with Gasteiger partial charge in [0.1, 0.15) is 0 Å². The Morgan fingerprint density at radius 3 is 2.77 bits per heavy atom. The van der Waals surface area contributed by atoms with Crippen molar-refractivity contribution in [1.82, 2.24) is 10.3 Å². The summed E-state index contributed by atoms with van der Waals surface area (Å²) in [5, 5.41) is 13.2. The van der Waals surface area contributed by atoms with E-state index in [1.165, 1.54) is 4.88 Å². The maximum absolute atomic E-state index is 8.86. The van der Waals surface area contributed by atoms with Crippen LogP contribution in [0.4, 0.5) is 0 Å². The summed E-state index contributed by atoms with van der Waals surface area (Å²) in [6.07, 6.45) is 1.89. The molecule has 0 aliphatic heterocycles. The highest BCUT2D eigenvalue weighted by atomic mass is 32.1. The molecule has 0 amide bonds. The molecule has 0 saturated heterocycles. The zero-order valence-corrected chi connectivity index (χ0v) is 9.06. The Morgan fingerprint density at radius 2 is 2.31 bits per heavy atom. The third kappa shape index (κ3) is 3.06. The van der Waals surface area contributed by atoms with E-state index in [4.69, 9.17) is 5.11 Å². The van der Waals surface area contributed by atoms with Gasteiger partial charge in [0, 0.05) is 23.2 Å². The molecule has 13 heavy (non-hydrogen) atoms. The highest BCUT2D eigenvalue weighted by Gasteiger charge is 2.10.